The van der Waals surface area contributed by atoms with Crippen molar-refractivity contribution in [1.82, 2.24) is 14.5 Å². The number of esters is 1. The Balaban J connectivity index is 1.60. The largest absolute Gasteiger partial charge is 0.460 e. The number of rotatable bonds is 8. The third-order valence-electron chi connectivity index (χ3n) is 3.93. The van der Waals surface area contributed by atoms with E-state index in [9.17, 15) is 4.79 Å². The van der Waals surface area contributed by atoms with Gasteiger partial charge in [-0.25, -0.2) is 14.8 Å². The summed E-state index contributed by atoms with van der Waals surface area (Å²) in [4.78, 5) is 21.1. The number of carbonyl (C=O) groups is 1. The highest BCUT2D eigenvalue weighted by atomic mass is 32.2. The maximum Gasteiger partial charge on any atom is 0.338 e. The second-order valence-corrected chi connectivity index (χ2v) is 7.31. The molecule has 0 amide bonds. The first-order valence-electron chi connectivity index (χ1n) is 8.39. The maximum absolute atomic E-state index is 11.9. The van der Waals surface area contributed by atoms with Gasteiger partial charge in [-0.3, -0.25) is 0 Å². The van der Waals surface area contributed by atoms with Gasteiger partial charge in [0, 0.05) is 6.20 Å². The Labute approximate surface area is 166 Å². The van der Waals surface area contributed by atoms with E-state index in [1.165, 1.54) is 11.8 Å². The molecule has 0 aliphatic carbocycles. The highest BCUT2D eigenvalue weighted by Crippen LogP contribution is 2.29. The monoisotopic (exact) mass is 403 g/mol. The first-order chi connectivity index (χ1) is 13.1. The molecule has 0 saturated heterocycles. The van der Waals surface area contributed by atoms with Crippen LogP contribution < -0.4 is 0 Å². The zero-order valence-corrected chi connectivity index (χ0v) is 17.1. The molecule has 0 bridgehead atoms. The van der Waals surface area contributed by atoms with Gasteiger partial charge in [0.1, 0.15) is 24.0 Å². The zero-order valence-electron chi connectivity index (χ0n) is 15.5. The van der Waals surface area contributed by atoms with Crippen LogP contribution in [0.1, 0.15) is 15.9 Å². The quantitative estimate of drug-likeness (QED) is 0.185. The molecular formula is C19H21N3O3S2. The summed E-state index contributed by atoms with van der Waals surface area (Å²) in [7, 11) is 0. The fourth-order valence-electron chi connectivity index (χ4n) is 2.67. The number of hydrogen-bond acceptors (Lipinski definition) is 7. The van der Waals surface area contributed by atoms with Gasteiger partial charge in [-0.1, -0.05) is 30.0 Å². The molecule has 0 atom stereocenters. The van der Waals surface area contributed by atoms with E-state index >= 15 is 0 Å². The van der Waals surface area contributed by atoms with Gasteiger partial charge in [0.15, 0.2) is 5.16 Å². The van der Waals surface area contributed by atoms with Crippen LogP contribution in [0.5, 0.6) is 0 Å². The average Bonchev–Trinajstić information content (AvgIpc) is 3.03. The normalized spacial score (nSPS) is 11.1. The predicted molar refractivity (Wildman–Crippen MR) is 109 cm³/mol. The third-order valence-corrected chi connectivity index (χ3v) is 5.16. The molecule has 0 aliphatic rings. The zero-order chi connectivity index (χ0) is 19.2. The summed E-state index contributed by atoms with van der Waals surface area (Å²) >= 11 is 3.13. The molecule has 0 fully saturated rings. The minimum Gasteiger partial charge on any atom is -0.460 e. The Morgan fingerprint density at radius 3 is 2.59 bits per heavy atom. The van der Waals surface area contributed by atoms with Crippen molar-refractivity contribution in [3.8, 4) is 0 Å². The van der Waals surface area contributed by atoms with Crippen LogP contribution in [-0.2, 0) is 16.2 Å². The van der Waals surface area contributed by atoms with Gasteiger partial charge >= 0.3 is 5.97 Å². The molecule has 6 nitrogen and oxygen atoms in total. The van der Waals surface area contributed by atoms with E-state index in [0.29, 0.717) is 18.9 Å². The molecule has 0 N–H and O–H groups in total. The molecule has 2 heterocycles. The highest BCUT2D eigenvalue weighted by Gasteiger charge is 2.14. The number of aryl methyl sites for hydroxylation is 1. The van der Waals surface area contributed by atoms with Crippen LogP contribution in [0.25, 0.3) is 11.0 Å². The number of thioether (sulfide) groups is 2. The molecule has 0 saturated carbocycles. The summed E-state index contributed by atoms with van der Waals surface area (Å²) in [5, 5.41) is 2.76. The SMILES string of the molecule is CSc1nc(SC)c2c(C)cn(COCCOC(=O)c3ccccc3)c2n1. The predicted octanol–water partition coefficient (Wildman–Crippen LogP) is 4.01. The van der Waals surface area contributed by atoms with Crippen molar-refractivity contribution in [2.45, 2.75) is 23.8 Å². The van der Waals surface area contributed by atoms with Crippen LogP contribution in [0.15, 0.2) is 46.7 Å². The summed E-state index contributed by atoms with van der Waals surface area (Å²) in [6.45, 7) is 2.90. The number of aromatic nitrogens is 3. The number of carbonyl (C=O) groups excluding carboxylic acids is 1. The minimum atomic E-state index is -0.344. The van der Waals surface area contributed by atoms with E-state index in [0.717, 1.165) is 26.8 Å². The second kappa shape index (κ2) is 9.25. The van der Waals surface area contributed by atoms with E-state index in [1.54, 1.807) is 36.0 Å². The summed E-state index contributed by atoms with van der Waals surface area (Å²) in [6.07, 6.45) is 5.99. The maximum atomic E-state index is 11.9. The molecule has 0 radical (unpaired) electrons. The van der Waals surface area contributed by atoms with Crippen molar-refractivity contribution in [3.05, 3.63) is 47.7 Å². The summed E-state index contributed by atoms with van der Waals surface area (Å²) in [5.41, 5.74) is 2.51. The molecule has 1 aromatic carbocycles. The molecule has 3 aromatic rings. The van der Waals surface area contributed by atoms with E-state index in [2.05, 4.69) is 9.97 Å². The van der Waals surface area contributed by atoms with Crippen molar-refractivity contribution in [1.29, 1.82) is 0 Å². The van der Waals surface area contributed by atoms with Crippen molar-refractivity contribution < 1.29 is 14.3 Å². The summed E-state index contributed by atoms with van der Waals surface area (Å²) < 4.78 is 12.9. The number of benzene rings is 1. The van der Waals surface area contributed by atoms with Crippen LogP contribution >= 0.6 is 23.5 Å². The fourth-order valence-corrected chi connectivity index (χ4v) is 3.73. The topological polar surface area (TPSA) is 66.2 Å². The average molecular weight is 404 g/mol. The van der Waals surface area contributed by atoms with E-state index in [-0.39, 0.29) is 12.6 Å². The smallest absolute Gasteiger partial charge is 0.338 e. The fraction of sp³-hybridized carbons (Fsp3) is 0.316. The van der Waals surface area contributed by atoms with E-state index in [4.69, 9.17) is 9.47 Å². The number of fused-ring (bicyclic) bond motifs is 1. The molecular weight excluding hydrogens is 382 g/mol. The lowest BCUT2D eigenvalue weighted by atomic mass is 10.2. The Morgan fingerprint density at radius 2 is 1.89 bits per heavy atom. The molecule has 0 unspecified atom stereocenters. The van der Waals surface area contributed by atoms with Crippen LogP contribution in [0.3, 0.4) is 0 Å². The molecule has 0 spiro atoms. The second-order valence-electron chi connectivity index (χ2n) is 5.74. The number of ether oxygens (including phenoxy) is 2. The van der Waals surface area contributed by atoms with Crippen LogP contribution in [0.4, 0.5) is 0 Å². The molecule has 142 valence electrons. The molecule has 27 heavy (non-hydrogen) atoms. The van der Waals surface area contributed by atoms with Gasteiger partial charge in [-0.2, -0.15) is 0 Å². The third kappa shape index (κ3) is 4.63. The first kappa shape index (κ1) is 19.7. The van der Waals surface area contributed by atoms with Gasteiger partial charge in [0.2, 0.25) is 0 Å². The van der Waals surface area contributed by atoms with Crippen LogP contribution in [0, 0.1) is 6.92 Å². The van der Waals surface area contributed by atoms with Gasteiger partial charge in [0.05, 0.1) is 17.6 Å². The lowest BCUT2D eigenvalue weighted by Gasteiger charge is -2.09. The highest BCUT2D eigenvalue weighted by molar-refractivity contribution is 7.99. The van der Waals surface area contributed by atoms with E-state index in [1.807, 2.05) is 36.3 Å². The standard InChI is InChI=1S/C19H21N3O3S2/c1-13-11-22(16-15(13)17(26-2)21-19(20-16)27-3)12-24-9-10-25-18(23)14-7-5-4-6-8-14/h4-8,11H,9-10,12H2,1-3H3. The van der Waals surface area contributed by atoms with Crippen LogP contribution in [-0.4, -0.2) is 46.2 Å². The number of nitrogens with zero attached hydrogens (tertiary/aromatic N) is 3. The van der Waals surface area contributed by atoms with Crippen molar-refractivity contribution in [2.24, 2.45) is 0 Å². The lowest BCUT2D eigenvalue weighted by molar-refractivity contribution is 0.0181. The Kier molecular flexibility index (Phi) is 6.76. The van der Waals surface area contributed by atoms with E-state index < -0.39 is 0 Å². The number of hydrogen-bond donors (Lipinski definition) is 0. The molecule has 3 rings (SSSR count). The lowest BCUT2D eigenvalue weighted by Crippen LogP contribution is -2.12. The van der Waals surface area contributed by atoms with Crippen LogP contribution in [0.2, 0.25) is 0 Å². The van der Waals surface area contributed by atoms with Gasteiger partial charge in [-0.05, 0) is 37.1 Å². The molecule has 0 aliphatic heterocycles. The Bertz CT molecular complexity index is 929. The van der Waals surface area contributed by atoms with Crippen molar-refractivity contribution in [2.75, 3.05) is 25.7 Å². The summed E-state index contributed by atoms with van der Waals surface area (Å²) in [5.74, 6) is -0.344. The first-order valence-corrected chi connectivity index (χ1v) is 10.8. The van der Waals surface area contributed by atoms with Gasteiger partial charge in [-0.15, -0.1) is 11.8 Å². The van der Waals surface area contributed by atoms with Gasteiger partial charge < -0.3 is 14.0 Å². The van der Waals surface area contributed by atoms with Gasteiger partial charge in [0.25, 0.3) is 0 Å². The molecule has 8 heteroatoms. The van der Waals surface area contributed by atoms with Crippen molar-refractivity contribution >= 4 is 40.5 Å². The van der Waals surface area contributed by atoms with Crippen molar-refractivity contribution in [3.63, 3.8) is 0 Å². The Hall–Kier alpha value is -2.03. The minimum absolute atomic E-state index is 0.201. The Morgan fingerprint density at radius 1 is 1.11 bits per heavy atom. The summed E-state index contributed by atoms with van der Waals surface area (Å²) in [6, 6.07) is 8.92. The molecule has 2 aromatic heterocycles.